The molecule has 0 aliphatic carbocycles. The lowest BCUT2D eigenvalue weighted by atomic mass is 10.2. The van der Waals surface area contributed by atoms with Gasteiger partial charge >= 0.3 is 6.09 Å². The number of amides is 1. The maximum atomic E-state index is 11.3. The molecule has 0 saturated heterocycles. The first-order valence-corrected chi connectivity index (χ1v) is 6.10. The van der Waals surface area contributed by atoms with Crippen LogP contribution in [0.4, 0.5) is 4.79 Å². The number of nitrogens with one attached hydrogen (secondary N) is 1. The Morgan fingerprint density at radius 1 is 1.39 bits per heavy atom. The Morgan fingerprint density at radius 2 is 2.11 bits per heavy atom. The second-order valence-corrected chi connectivity index (χ2v) is 5.17. The summed E-state index contributed by atoms with van der Waals surface area (Å²) in [5, 5.41) is 3.22. The second kappa shape index (κ2) is 6.50. The van der Waals surface area contributed by atoms with Gasteiger partial charge in [-0.15, -0.1) is 0 Å². The average molecular weight is 272 g/mol. The van der Waals surface area contributed by atoms with E-state index in [1.165, 1.54) is 0 Å². The number of ether oxygens (including phenoxy) is 2. The summed E-state index contributed by atoms with van der Waals surface area (Å²) < 4.78 is 10.5. The van der Waals surface area contributed by atoms with Crippen molar-refractivity contribution in [1.29, 1.82) is 0 Å². The molecule has 100 valence electrons. The maximum absolute atomic E-state index is 11.3. The van der Waals surface area contributed by atoms with Gasteiger partial charge in [-0.25, -0.2) is 4.79 Å². The van der Waals surface area contributed by atoms with Crippen molar-refractivity contribution in [3.05, 3.63) is 29.3 Å². The first-order chi connectivity index (χ1) is 8.37. The third-order valence-electron chi connectivity index (χ3n) is 1.84. The van der Waals surface area contributed by atoms with Gasteiger partial charge in [-0.05, 0) is 39.0 Å². The Labute approximate surface area is 112 Å². The van der Waals surface area contributed by atoms with Crippen molar-refractivity contribution in [3.63, 3.8) is 0 Å². The highest BCUT2D eigenvalue weighted by atomic mass is 35.5. The van der Waals surface area contributed by atoms with E-state index < -0.39 is 11.7 Å². The predicted molar refractivity (Wildman–Crippen MR) is 71.2 cm³/mol. The molecule has 0 atom stereocenters. The molecule has 1 aromatic carbocycles. The van der Waals surface area contributed by atoms with Crippen LogP contribution in [0.3, 0.4) is 0 Å². The van der Waals surface area contributed by atoms with Crippen LogP contribution in [0.1, 0.15) is 20.8 Å². The number of rotatable bonds is 4. The first-order valence-electron chi connectivity index (χ1n) is 5.72. The fourth-order valence-corrected chi connectivity index (χ4v) is 1.37. The molecule has 0 aliphatic rings. The van der Waals surface area contributed by atoms with Crippen molar-refractivity contribution in [2.75, 3.05) is 13.2 Å². The van der Waals surface area contributed by atoms with Gasteiger partial charge in [0.25, 0.3) is 0 Å². The zero-order chi connectivity index (χ0) is 13.6. The predicted octanol–water partition coefficient (Wildman–Crippen LogP) is 3.24. The molecule has 0 radical (unpaired) electrons. The Kier molecular flexibility index (Phi) is 5.28. The lowest BCUT2D eigenvalue weighted by molar-refractivity contribution is 0.0520. The van der Waals surface area contributed by atoms with Crippen molar-refractivity contribution in [1.82, 2.24) is 5.32 Å². The molecule has 0 unspecified atom stereocenters. The van der Waals surface area contributed by atoms with E-state index in [1.54, 1.807) is 24.3 Å². The minimum atomic E-state index is -0.488. The lowest BCUT2D eigenvalue weighted by Gasteiger charge is -2.19. The highest BCUT2D eigenvalue weighted by Crippen LogP contribution is 2.16. The van der Waals surface area contributed by atoms with Gasteiger partial charge in [-0.3, -0.25) is 0 Å². The van der Waals surface area contributed by atoms with Crippen LogP contribution in [-0.2, 0) is 4.74 Å². The van der Waals surface area contributed by atoms with Crippen molar-refractivity contribution in [3.8, 4) is 5.75 Å². The smallest absolute Gasteiger partial charge is 0.407 e. The van der Waals surface area contributed by atoms with Crippen LogP contribution in [0.2, 0.25) is 5.02 Å². The third kappa shape index (κ3) is 6.35. The fraction of sp³-hybridized carbons (Fsp3) is 0.462. The zero-order valence-corrected chi connectivity index (χ0v) is 11.6. The third-order valence-corrected chi connectivity index (χ3v) is 2.07. The number of carbonyl (C=O) groups is 1. The highest BCUT2D eigenvalue weighted by molar-refractivity contribution is 6.30. The Hall–Kier alpha value is -1.42. The molecule has 0 bridgehead atoms. The molecular weight excluding hydrogens is 254 g/mol. The van der Waals surface area contributed by atoms with Gasteiger partial charge in [0.2, 0.25) is 0 Å². The Balaban J connectivity index is 2.21. The number of hydrogen-bond acceptors (Lipinski definition) is 3. The monoisotopic (exact) mass is 271 g/mol. The van der Waals surface area contributed by atoms with E-state index in [1.807, 2.05) is 20.8 Å². The van der Waals surface area contributed by atoms with Gasteiger partial charge in [0.1, 0.15) is 18.0 Å². The van der Waals surface area contributed by atoms with Gasteiger partial charge in [0.15, 0.2) is 0 Å². The summed E-state index contributed by atoms with van der Waals surface area (Å²) in [6, 6.07) is 7.10. The minimum Gasteiger partial charge on any atom is -0.492 e. The van der Waals surface area contributed by atoms with Crippen LogP contribution in [0, 0.1) is 0 Å². The zero-order valence-electron chi connectivity index (χ0n) is 10.8. The topological polar surface area (TPSA) is 47.6 Å². The number of benzene rings is 1. The summed E-state index contributed by atoms with van der Waals surface area (Å²) in [5.41, 5.74) is -0.488. The summed E-state index contributed by atoms with van der Waals surface area (Å²) in [7, 11) is 0. The Morgan fingerprint density at radius 3 is 2.72 bits per heavy atom. The van der Waals surface area contributed by atoms with Crippen molar-refractivity contribution in [2.45, 2.75) is 26.4 Å². The first kappa shape index (κ1) is 14.6. The van der Waals surface area contributed by atoms with Crippen molar-refractivity contribution >= 4 is 17.7 Å². The number of carbonyl (C=O) groups excluding carboxylic acids is 1. The normalized spacial score (nSPS) is 10.9. The van der Waals surface area contributed by atoms with E-state index >= 15 is 0 Å². The fourth-order valence-electron chi connectivity index (χ4n) is 1.19. The Bertz CT molecular complexity index is 401. The van der Waals surface area contributed by atoms with Crippen LogP contribution in [0.15, 0.2) is 24.3 Å². The summed E-state index contributed by atoms with van der Waals surface area (Å²) in [6.45, 7) is 6.18. The summed E-state index contributed by atoms with van der Waals surface area (Å²) in [6.07, 6.45) is -0.447. The number of alkyl carbamates (subject to hydrolysis) is 1. The quantitative estimate of drug-likeness (QED) is 0.855. The molecule has 18 heavy (non-hydrogen) atoms. The molecule has 1 amide bonds. The van der Waals surface area contributed by atoms with Crippen LogP contribution in [0.5, 0.6) is 5.75 Å². The van der Waals surface area contributed by atoms with Gasteiger partial charge < -0.3 is 14.8 Å². The molecule has 0 saturated carbocycles. The van der Waals surface area contributed by atoms with E-state index in [2.05, 4.69) is 5.32 Å². The standard InChI is InChI=1S/C13H18ClNO3/c1-13(2,3)18-12(16)15-7-8-17-11-6-4-5-10(14)9-11/h4-6,9H,7-8H2,1-3H3,(H,15,16). The molecule has 1 rings (SSSR count). The number of halogens is 1. The van der Waals surface area contributed by atoms with Crippen LogP contribution in [0.25, 0.3) is 0 Å². The largest absolute Gasteiger partial charge is 0.492 e. The van der Waals surface area contributed by atoms with E-state index in [-0.39, 0.29) is 0 Å². The van der Waals surface area contributed by atoms with Gasteiger partial charge in [0.05, 0.1) is 6.54 Å². The van der Waals surface area contributed by atoms with E-state index in [0.717, 1.165) is 0 Å². The molecule has 0 aromatic heterocycles. The molecule has 0 fully saturated rings. The summed E-state index contributed by atoms with van der Waals surface area (Å²) >= 11 is 5.81. The average Bonchev–Trinajstić information content (AvgIpc) is 2.22. The summed E-state index contributed by atoms with van der Waals surface area (Å²) in [5.74, 6) is 0.675. The summed E-state index contributed by atoms with van der Waals surface area (Å²) in [4.78, 5) is 11.3. The van der Waals surface area contributed by atoms with E-state index in [9.17, 15) is 4.79 Å². The highest BCUT2D eigenvalue weighted by Gasteiger charge is 2.15. The molecule has 0 spiro atoms. The molecule has 0 heterocycles. The van der Waals surface area contributed by atoms with E-state index in [0.29, 0.717) is 23.9 Å². The van der Waals surface area contributed by atoms with Gasteiger partial charge in [-0.2, -0.15) is 0 Å². The van der Waals surface area contributed by atoms with Crippen molar-refractivity contribution in [2.24, 2.45) is 0 Å². The van der Waals surface area contributed by atoms with Crippen molar-refractivity contribution < 1.29 is 14.3 Å². The SMILES string of the molecule is CC(C)(C)OC(=O)NCCOc1cccc(Cl)c1. The van der Waals surface area contributed by atoms with Gasteiger partial charge in [0, 0.05) is 5.02 Å². The van der Waals surface area contributed by atoms with Crippen LogP contribution >= 0.6 is 11.6 Å². The maximum Gasteiger partial charge on any atom is 0.407 e. The number of hydrogen-bond donors (Lipinski definition) is 1. The minimum absolute atomic E-state index is 0.361. The van der Waals surface area contributed by atoms with Gasteiger partial charge in [-0.1, -0.05) is 17.7 Å². The van der Waals surface area contributed by atoms with Crippen LogP contribution < -0.4 is 10.1 Å². The molecular formula is C13H18ClNO3. The molecule has 4 nitrogen and oxygen atoms in total. The molecule has 5 heteroatoms. The van der Waals surface area contributed by atoms with Crippen LogP contribution in [-0.4, -0.2) is 24.8 Å². The van der Waals surface area contributed by atoms with E-state index in [4.69, 9.17) is 21.1 Å². The molecule has 1 aromatic rings. The molecule has 1 N–H and O–H groups in total. The second-order valence-electron chi connectivity index (χ2n) is 4.73. The molecule has 0 aliphatic heterocycles. The lowest BCUT2D eigenvalue weighted by Crippen LogP contribution is -2.34.